The van der Waals surface area contributed by atoms with Gasteiger partial charge in [0, 0.05) is 18.6 Å². The van der Waals surface area contributed by atoms with Crippen molar-refractivity contribution in [2.75, 3.05) is 27.2 Å². The molecular formula is C18H30N2O. The van der Waals surface area contributed by atoms with E-state index in [1.54, 1.807) is 7.11 Å². The van der Waals surface area contributed by atoms with Gasteiger partial charge in [-0.15, -0.1) is 0 Å². The van der Waals surface area contributed by atoms with Crippen LogP contribution >= 0.6 is 0 Å². The van der Waals surface area contributed by atoms with E-state index in [0.29, 0.717) is 12.0 Å². The van der Waals surface area contributed by atoms with Crippen LogP contribution in [0.3, 0.4) is 0 Å². The Hall–Kier alpha value is -1.06. The molecule has 3 heteroatoms. The maximum Gasteiger partial charge on any atom is 0.122 e. The Kier molecular flexibility index (Phi) is 6.07. The van der Waals surface area contributed by atoms with E-state index in [-0.39, 0.29) is 0 Å². The van der Waals surface area contributed by atoms with Gasteiger partial charge in [0.1, 0.15) is 5.75 Å². The lowest BCUT2D eigenvalue weighted by Crippen LogP contribution is -2.37. The predicted octanol–water partition coefficient (Wildman–Crippen LogP) is 2.95. The normalized spacial score (nSPS) is 17.8. The summed E-state index contributed by atoms with van der Waals surface area (Å²) in [4.78, 5) is 2.46. The summed E-state index contributed by atoms with van der Waals surface area (Å²) in [5.74, 6) is 1.69. The van der Waals surface area contributed by atoms with Crippen molar-refractivity contribution in [1.82, 2.24) is 10.2 Å². The Labute approximate surface area is 129 Å². The molecule has 2 atom stereocenters. The highest BCUT2D eigenvalue weighted by atomic mass is 16.5. The van der Waals surface area contributed by atoms with Crippen LogP contribution in [0.1, 0.15) is 32.3 Å². The summed E-state index contributed by atoms with van der Waals surface area (Å²) in [7, 11) is 3.98. The number of hydrogen-bond acceptors (Lipinski definition) is 3. The average Bonchev–Trinajstić information content (AvgIpc) is 3.29. The lowest BCUT2D eigenvalue weighted by molar-refractivity contribution is 0.219. The molecule has 0 aliphatic heterocycles. The quantitative estimate of drug-likeness (QED) is 0.757. The molecule has 0 amide bonds. The van der Waals surface area contributed by atoms with Crippen LogP contribution in [0.2, 0.25) is 0 Å². The minimum absolute atomic E-state index is 0.518. The molecule has 1 aliphatic rings. The first-order chi connectivity index (χ1) is 10.1. The fourth-order valence-corrected chi connectivity index (χ4v) is 2.74. The van der Waals surface area contributed by atoms with Crippen LogP contribution in [-0.2, 0) is 6.42 Å². The number of benzene rings is 1. The number of hydrogen-bond donors (Lipinski definition) is 1. The zero-order valence-corrected chi connectivity index (χ0v) is 13.9. The standard InChI is InChI=1S/C18H30N2O/c1-14(12-19-17-9-10-17)13-20(3)15(2)11-16-7-5-6-8-18(16)21-4/h5-8,14-15,17,19H,9-13H2,1-4H3. The maximum atomic E-state index is 5.45. The van der Waals surface area contributed by atoms with Crippen molar-refractivity contribution < 1.29 is 4.74 Å². The minimum Gasteiger partial charge on any atom is -0.496 e. The van der Waals surface area contributed by atoms with Crippen LogP contribution in [0.25, 0.3) is 0 Å². The Morgan fingerprint density at radius 3 is 2.67 bits per heavy atom. The van der Waals surface area contributed by atoms with Gasteiger partial charge in [0.25, 0.3) is 0 Å². The van der Waals surface area contributed by atoms with Gasteiger partial charge < -0.3 is 15.0 Å². The molecule has 3 nitrogen and oxygen atoms in total. The Balaban J connectivity index is 1.79. The number of para-hydroxylation sites is 1. The smallest absolute Gasteiger partial charge is 0.122 e. The zero-order chi connectivity index (χ0) is 15.2. The van der Waals surface area contributed by atoms with Crippen molar-refractivity contribution in [3.05, 3.63) is 29.8 Å². The summed E-state index contributed by atoms with van der Waals surface area (Å²) in [5, 5.41) is 3.62. The van der Waals surface area contributed by atoms with E-state index in [4.69, 9.17) is 4.74 Å². The van der Waals surface area contributed by atoms with Crippen molar-refractivity contribution in [2.24, 2.45) is 5.92 Å². The van der Waals surface area contributed by atoms with Crippen molar-refractivity contribution >= 4 is 0 Å². The second-order valence-electron chi connectivity index (χ2n) is 6.59. The van der Waals surface area contributed by atoms with E-state index in [1.165, 1.54) is 18.4 Å². The Morgan fingerprint density at radius 2 is 2.00 bits per heavy atom. The molecule has 1 aromatic carbocycles. The van der Waals surface area contributed by atoms with Gasteiger partial charge in [0.15, 0.2) is 0 Å². The van der Waals surface area contributed by atoms with Gasteiger partial charge in [-0.2, -0.15) is 0 Å². The first kappa shape index (κ1) is 16.3. The van der Waals surface area contributed by atoms with Gasteiger partial charge in [0.2, 0.25) is 0 Å². The molecule has 0 saturated heterocycles. The molecule has 1 aromatic rings. The minimum atomic E-state index is 0.518. The van der Waals surface area contributed by atoms with Gasteiger partial charge in [-0.05, 0) is 57.3 Å². The molecule has 1 saturated carbocycles. The van der Waals surface area contributed by atoms with Gasteiger partial charge in [-0.3, -0.25) is 0 Å². The molecule has 0 spiro atoms. The van der Waals surface area contributed by atoms with E-state index in [2.05, 4.69) is 43.2 Å². The average molecular weight is 290 g/mol. The first-order valence-corrected chi connectivity index (χ1v) is 8.15. The largest absolute Gasteiger partial charge is 0.496 e. The summed E-state index contributed by atoms with van der Waals surface area (Å²) < 4.78 is 5.45. The van der Waals surface area contributed by atoms with Crippen LogP contribution < -0.4 is 10.1 Å². The number of ether oxygens (including phenoxy) is 1. The lowest BCUT2D eigenvalue weighted by atomic mass is 10.0. The summed E-state index contributed by atoms with van der Waals surface area (Å²) >= 11 is 0. The third kappa shape index (κ3) is 5.33. The highest BCUT2D eigenvalue weighted by Gasteiger charge is 2.21. The number of likely N-dealkylation sites (N-methyl/N-ethyl adjacent to an activating group) is 1. The van der Waals surface area contributed by atoms with Gasteiger partial charge >= 0.3 is 0 Å². The molecule has 21 heavy (non-hydrogen) atoms. The first-order valence-electron chi connectivity index (χ1n) is 8.15. The molecule has 1 aliphatic carbocycles. The van der Waals surface area contributed by atoms with Gasteiger partial charge in [-0.25, -0.2) is 0 Å². The van der Waals surface area contributed by atoms with Crippen molar-refractivity contribution in [3.63, 3.8) is 0 Å². The summed E-state index contributed by atoms with van der Waals surface area (Å²) in [6.45, 7) is 6.90. The van der Waals surface area contributed by atoms with E-state index in [9.17, 15) is 0 Å². The Morgan fingerprint density at radius 1 is 1.29 bits per heavy atom. The van der Waals surface area contributed by atoms with E-state index < -0.39 is 0 Å². The topological polar surface area (TPSA) is 24.5 Å². The molecule has 0 bridgehead atoms. The van der Waals surface area contributed by atoms with Crippen LogP contribution in [-0.4, -0.2) is 44.2 Å². The maximum absolute atomic E-state index is 5.45. The molecular weight excluding hydrogens is 260 g/mol. The number of nitrogens with zero attached hydrogens (tertiary/aromatic N) is 1. The fraction of sp³-hybridized carbons (Fsp3) is 0.667. The second kappa shape index (κ2) is 7.81. The molecule has 0 radical (unpaired) electrons. The lowest BCUT2D eigenvalue weighted by Gasteiger charge is -2.28. The zero-order valence-electron chi connectivity index (χ0n) is 13.9. The molecule has 1 N–H and O–H groups in total. The summed E-state index contributed by atoms with van der Waals surface area (Å²) in [6, 6.07) is 9.66. The van der Waals surface area contributed by atoms with E-state index in [1.807, 2.05) is 12.1 Å². The Bertz CT molecular complexity index is 431. The van der Waals surface area contributed by atoms with Crippen LogP contribution in [0, 0.1) is 5.92 Å². The third-order valence-electron chi connectivity index (χ3n) is 4.39. The monoisotopic (exact) mass is 290 g/mol. The number of nitrogens with one attached hydrogen (secondary N) is 1. The molecule has 0 aromatic heterocycles. The highest BCUT2D eigenvalue weighted by Crippen LogP contribution is 2.21. The van der Waals surface area contributed by atoms with Gasteiger partial charge in [0.05, 0.1) is 7.11 Å². The highest BCUT2D eigenvalue weighted by molar-refractivity contribution is 5.33. The predicted molar refractivity (Wildman–Crippen MR) is 89.0 cm³/mol. The number of rotatable bonds is 9. The second-order valence-corrected chi connectivity index (χ2v) is 6.59. The fourth-order valence-electron chi connectivity index (χ4n) is 2.74. The third-order valence-corrected chi connectivity index (χ3v) is 4.39. The molecule has 2 rings (SSSR count). The van der Waals surface area contributed by atoms with E-state index >= 15 is 0 Å². The van der Waals surface area contributed by atoms with Crippen LogP contribution in [0.5, 0.6) is 5.75 Å². The number of methoxy groups -OCH3 is 1. The molecule has 1 fully saturated rings. The van der Waals surface area contributed by atoms with Crippen LogP contribution in [0.4, 0.5) is 0 Å². The van der Waals surface area contributed by atoms with E-state index in [0.717, 1.165) is 31.3 Å². The van der Waals surface area contributed by atoms with Crippen molar-refractivity contribution in [2.45, 2.75) is 45.2 Å². The van der Waals surface area contributed by atoms with Crippen molar-refractivity contribution in [3.8, 4) is 5.75 Å². The van der Waals surface area contributed by atoms with Crippen LogP contribution in [0.15, 0.2) is 24.3 Å². The molecule has 2 unspecified atom stereocenters. The van der Waals surface area contributed by atoms with Gasteiger partial charge in [-0.1, -0.05) is 25.1 Å². The SMILES string of the molecule is COc1ccccc1CC(C)N(C)CC(C)CNC1CC1. The molecule has 118 valence electrons. The summed E-state index contributed by atoms with van der Waals surface area (Å²) in [5.41, 5.74) is 1.29. The van der Waals surface area contributed by atoms with Crippen molar-refractivity contribution in [1.29, 1.82) is 0 Å². The summed E-state index contributed by atoms with van der Waals surface area (Å²) in [6.07, 6.45) is 3.77. The molecule has 0 heterocycles.